The number of hydrogen-bond acceptors (Lipinski definition) is 7. The molecule has 4 nitrogen and oxygen atoms in total. The summed E-state index contributed by atoms with van der Waals surface area (Å²) in [5.74, 6) is 0.853. The van der Waals surface area contributed by atoms with E-state index in [1.54, 1.807) is 18.7 Å². The lowest BCUT2D eigenvalue weighted by atomic mass is 10.2. The van der Waals surface area contributed by atoms with Gasteiger partial charge in [0.05, 0.1) is 12.4 Å². The minimum absolute atomic E-state index is 0.229. The van der Waals surface area contributed by atoms with Gasteiger partial charge in [-0.2, -0.15) is 0 Å². The molecule has 0 saturated carbocycles. The number of aromatic nitrogens is 2. The standard InChI is InChI=1S/C13H13ClN2O2S3/c1-2-18-11(17)8-20-13-16-15-12(21-13)19-7-9-3-5-10(14)6-4-9/h3-6H,2,7-8H2,1H3. The number of ether oxygens (including phenoxy) is 1. The zero-order valence-electron chi connectivity index (χ0n) is 11.2. The van der Waals surface area contributed by atoms with Crippen molar-refractivity contribution in [2.24, 2.45) is 0 Å². The van der Waals surface area contributed by atoms with Crippen molar-refractivity contribution in [1.29, 1.82) is 0 Å². The molecule has 2 rings (SSSR count). The van der Waals surface area contributed by atoms with E-state index in [4.69, 9.17) is 16.3 Å². The van der Waals surface area contributed by atoms with Crippen LogP contribution in [0.2, 0.25) is 5.02 Å². The van der Waals surface area contributed by atoms with Crippen molar-refractivity contribution in [2.75, 3.05) is 12.4 Å². The van der Waals surface area contributed by atoms with Crippen LogP contribution in [0.3, 0.4) is 0 Å². The van der Waals surface area contributed by atoms with Crippen molar-refractivity contribution >= 4 is 52.4 Å². The van der Waals surface area contributed by atoms with Crippen LogP contribution >= 0.6 is 46.5 Å². The highest BCUT2D eigenvalue weighted by Gasteiger charge is 2.09. The molecule has 1 heterocycles. The average Bonchev–Trinajstić information content (AvgIpc) is 2.93. The fraction of sp³-hybridized carbons (Fsp3) is 0.308. The maximum atomic E-state index is 11.3. The van der Waals surface area contributed by atoms with Gasteiger partial charge in [-0.25, -0.2) is 0 Å². The van der Waals surface area contributed by atoms with E-state index in [9.17, 15) is 4.79 Å². The van der Waals surface area contributed by atoms with Crippen molar-refractivity contribution in [1.82, 2.24) is 10.2 Å². The second kappa shape index (κ2) is 8.63. The number of carbonyl (C=O) groups excluding carboxylic acids is 1. The zero-order valence-corrected chi connectivity index (χ0v) is 14.4. The Morgan fingerprint density at radius 2 is 1.90 bits per heavy atom. The number of benzene rings is 1. The van der Waals surface area contributed by atoms with E-state index in [-0.39, 0.29) is 11.7 Å². The molecule has 8 heteroatoms. The van der Waals surface area contributed by atoms with Gasteiger partial charge >= 0.3 is 5.97 Å². The minimum Gasteiger partial charge on any atom is -0.465 e. The SMILES string of the molecule is CCOC(=O)CSc1nnc(SCc2ccc(Cl)cc2)s1. The van der Waals surface area contributed by atoms with Crippen LogP contribution in [-0.2, 0) is 15.3 Å². The summed E-state index contributed by atoms with van der Waals surface area (Å²) in [6, 6.07) is 7.73. The Kier molecular flexibility index (Phi) is 6.82. The third kappa shape index (κ3) is 5.86. The van der Waals surface area contributed by atoms with E-state index < -0.39 is 0 Å². The number of rotatable bonds is 7. The quantitative estimate of drug-likeness (QED) is 0.546. The Hall–Kier alpha value is -0.760. The van der Waals surface area contributed by atoms with E-state index in [2.05, 4.69) is 10.2 Å². The molecular weight excluding hydrogens is 348 g/mol. The van der Waals surface area contributed by atoms with Crippen LogP contribution in [0.25, 0.3) is 0 Å². The summed E-state index contributed by atoms with van der Waals surface area (Å²) in [5, 5.41) is 8.90. The van der Waals surface area contributed by atoms with Crippen LogP contribution in [0, 0.1) is 0 Å². The molecule has 21 heavy (non-hydrogen) atoms. The molecule has 0 atom stereocenters. The summed E-state index contributed by atoms with van der Waals surface area (Å²) >= 11 is 10.3. The van der Waals surface area contributed by atoms with Gasteiger partial charge in [0.2, 0.25) is 0 Å². The highest BCUT2D eigenvalue weighted by atomic mass is 35.5. The predicted molar refractivity (Wildman–Crippen MR) is 88.3 cm³/mol. The van der Waals surface area contributed by atoms with Crippen molar-refractivity contribution < 1.29 is 9.53 Å². The topological polar surface area (TPSA) is 52.1 Å². The van der Waals surface area contributed by atoms with Crippen LogP contribution in [0.4, 0.5) is 0 Å². The molecule has 2 aromatic rings. The molecule has 0 radical (unpaired) electrons. The van der Waals surface area contributed by atoms with Gasteiger partial charge in [0, 0.05) is 10.8 Å². The van der Waals surface area contributed by atoms with Gasteiger partial charge in [0.25, 0.3) is 0 Å². The maximum Gasteiger partial charge on any atom is 0.316 e. The lowest BCUT2D eigenvalue weighted by Crippen LogP contribution is -2.06. The molecule has 0 fully saturated rings. The number of esters is 1. The second-order valence-corrected chi connectivity index (χ2v) is 7.70. The Morgan fingerprint density at radius 1 is 1.24 bits per heavy atom. The molecular formula is C13H13ClN2O2S3. The minimum atomic E-state index is -0.229. The summed E-state index contributed by atoms with van der Waals surface area (Å²) in [6.07, 6.45) is 0. The number of thioether (sulfide) groups is 2. The van der Waals surface area contributed by atoms with Crippen molar-refractivity contribution in [3.63, 3.8) is 0 Å². The summed E-state index contributed by atoms with van der Waals surface area (Å²) in [5.41, 5.74) is 1.18. The van der Waals surface area contributed by atoms with Gasteiger partial charge in [-0.05, 0) is 24.6 Å². The van der Waals surface area contributed by atoms with Crippen molar-refractivity contribution in [3.05, 3.63) is 34.9 Å². The molecule has 0 aliphatic rings. The molecule has 0 aliphatic heterocycles. The van der Waals surface area contributed by atoms with Crippen LogP contribution in [0.5, 0.6) is 0 Å². The first-order valence-electron chi connectivity index (χ1n) is 6.16. The fourth-order valence-electron chi connectivity index (χ4n) is 1.36. The molecule has 0 spiro atoms. The Bertz CT molecular complexity index is 589. The summed E-state index contributed by atoms with van der Waals surface area (Å²) in [4.78, 5) is 11.3. The van der Waals surface area contributed by atoms with Gasteiger partial charge in [-0.1, -0.05) is 58.6 Å². The predicted octanol–water partition coefficient (Wildman–Crippen LogP) is 4.14. The first kappa shape index (κ1) is 16.6. The van der Waals surface area contributed by atoms with Crippen LogP contribution in [0.1, 0.15) is 12.5 Å². The van der Waals surface area contributed by atoms with Gasteiger partial charge in [0.15, 0.2) is 8.68 Å². The third-order valence-electron chi connectivity index (χ3n) is 2.28. The monoisotopic (exact) mass is 360 g/mol. The van der Waals surface area contributed by atoms with E-state index in [0.29, 0.717) is 6.61 Å². The van der Waals surface area contributed by atoms with E-state index in [1.165, 1.54) is 28.7 Å². The number of carbonyl (C=O) groups is 1. The number of nitrogens with zero attached hydrogens (tertiary/aromatic N) is 2. The van der Waals surface area contributed by atoms with Crippen LogP contribution in [0.15, 0.2) is 32.9 Å². The number of hydrogen-bond donors (Lipinski definition) is 0. The van der Waals surface area contributed by atoms with Gasteiger partial charge in [-0.15, -0.1) is 10.2 Å². The molecule has 0 N–H and O–H groups in total. The Labute approximate surface area is 140 Å². The summed E-state index contributed by atoms with van der Waals surface area (Å²) in [7, 11) is 0. The molecule has 1 aromatic heterocycles. The Balaban J connectivity index is 1.80. The van der Waals surface area contributed by atoms with Gasteiger partial charge < -0.3 is 4.74 Å². The molecule has 112 valence electrons. The first-order valence-corrected chi connectivity index (χ1v) is 9.33. The lowest BCUT2D eigenvalue weighted by molar-refractivity contribution is -0.139. The van der Waals surface area contributed by atoms with E-state index in [0.717, 1.165) is 19.5 Å². The molecule has 0 unspecified atom stereocenters. The maximum absolute atomic E-state index is 11.3. The summed E-state index contributed by atoms with van der Waals surface area (Å²) in [6.45, 7) is 2.19. The van der Waals surface area contributed by atoms with Crippen molar-refractivity contribution in [2.45, 2.75) is 21.4 Å². The highest BCUT2D eigenvalue weighted by molar-refractivity contribution is 8.03. The second-order valence-electron chi connectivity index (χ2n) is 3.84. The fourth-order valence-corrected chi connectivity index (χ4v) is 4.26. The third-order valence-corrected chi connectivity index (χ3v) is 5.77. The largest absolute Gasteiger partial charge is 0.465 e. The first-order chi connectivity index (χ1) is 10.2. The molecule has 0 bridgehead atoms. The van der Waals surface area contributed by atoms with Crippen LogP contribution < -0.4 is 0 Å². The summed E-state index contributed by atoms with van der Waals surface area (Å²) < 4.78 is 6.53. The van der Waals surface area contributed by atoms with Crippen molar-refractivity contribution in [3.8, 4) is 0 Å². The molecule has 0 aliphatic carbocycles. The molecule has 0 saturated heterocycles. The van der Waals surface area contributed by atoms with E-state index >= 15 is 0 Å². The van der Waals surface area contributed by atoms with E-state index in [1.807, 2.05) is 24.3 Å². The lowest BCUT2D eigenvalue weighted by Gasteiger charge is -1.98. The molecule has 0 amide bonds. The van der Waals surface area contributed by atoms with Gasteiger partial charge in [-0.3, -0.25) is 4.79 Å². The smallest absolute Gasteiger partial charge is 0.316 e. The van der Waals surface area contributed by atoms with Gasteiger partial charge in [0.1, 0.15) is 0 Å². The number of halogens is 1. The Morgan fingerprint density at radius 3 is 2.57 bits per heavy atom. The zero-order chi connectivity index (χ0) is 15.1. The average molecular weight is 361 g/mol. The molecule has 1 aromatic carbocycles. The van der Waals surface area contributed by atoms with Crippen LogP contribution in [-0.4, -0.2) is 28.5 Å². The normalized spacial score (nSPS) is 10.6. The highest BCUT2D eigenvalue weighted by Crippen LogP contribution is 2.30.